The third-order valence-electron chi connectivity index (χ3n) is 2.81. The van der Waals surface area contributed by atoms with Crippen molar-refractivity contribution in [3.8, 4) is 0 Å². The first-order valence-corrected chi connectivity index (χ1v) is 6.18. The van der Waals surface area contributed by atoms with E-state index in [1.54, 1.807) is 11.3 Å². The molecule has 4 heteroatoms. The second kappa shape index (κ2) is 4.87. The monoisotopic (exact) mass is 211 g/mol. The number of likely N-dealkylation sites (tertiary alicyclic amines) is 1. The van der Waals surface area contributed by atoms with Crippen molar-refractivity contribution in [1.29, 1.82) is 0 Å². The highest BCUT2D eigenvalue weighted by molar-refractivity contribution is 7.07. The maximum atomic E-state index is 5.65. The molecule has 1 atom stereocenters. The smallest absolute Gasteiger partial charge is 0.0795 e. The van der Waals surface area contributed by atoms with Gasteiger partial charge < -0.3 is 5.73 Å². The molecule has 1 saturated heterocycles. The average Bonchev–Trinajstić information content (AvgIpc) is 2.87. The van der Waals surface area contributed by atoms with E-state index in [-0.39, 0.29) is 0 Å². The first-order valence-electron chi connectivity index (χ1n) is 5.24. The molecule has 3 nitrogen and oxygen atoms in total. The van der Waals surface area contributed by atoms with Gasteiger partial charge in [0.2, 0.25) is 0 Å². The summed E-state index contributed by atoms with van der Waals surface area (Å²) >= 11 is 1.67. The molecular formula is C10H17N3S. The van der Waals surface area contributed by atoms with Crippen molar-refractivity contribution in [2.24, 2.45) is 5.73 Å². The van der Waals surface area contributed by atoms with E-state index in [1.165, 1.54) is 31.6 Å². The van der Waals surface area contributed by atoms with Crippen LogP contribution in [0, 0.1) is 0 Å². The highest BCUT2D eigenvalue weighted by Crippen LogP contribution is 2.27. The quantitative estimate of drug-likeness (QED) is 0.823. The number of hydrogen-bond donors (Lipinski definition) is 1. The topological polar surface area (TPSA) is 42.1 Å². The summed E-state index contributed by atoms with van der Waals surface area (Å²) in [5.41, 5.74) is 8.77. The molecule has 2 heterocycles. The lowest BCUT2D eigenvalue weighted by atomic mass is 10.1. The van der Waals surface area contributed by atoms with Crippen LogP contribution in [0.15, 0.2) is 10.9 Å². The lowest BCUT2D eigenvalue weighted by molar-refractivity contribution is 0.232. The van der Waals surface area contributed by atoms with Crippen molar-refractivity contribution in [3.63, 3.8) is 0 Å². The second-order valence-electron chi connectivity index (χ2n) is 3.75. The molecule has 0 spiro atoms. The van der Waals surface area contributed by atoms with Crippen LogP contribution in [0.2, 0.25) is 0 Å². The van der Waals surface area contributed by atoms with Gasteiger partial charge in [-0.3, -0.25) is 4.90 Å². The van der Waals surface area contributed by atoms with Gasteiger partial charge in [-0.25, -0.2) is 4.98 Å². The van der Waals surface area contributed by atoms with Crippen LogP contribution in [0.3, 0.4) is 0 Å². The third kappa shape index (κ3) is 2.13. The van der Waals surface area contributed by atoms with Gasteiger partial charge in [-0.15, -0.1) is 11.3 Å². The molecule has 0 radical (unpaired) electrons. The highest BCUT2D eigenvalue weighted by Gasteiger charge is 2.23. The van der Waals surface area contributed by atoms with E-state index < -0.39 is 0 Å². The Kier molecular flexibility index (Phi) is 3.50. The zero-order chi connectivity index (χ0) is 9.80. The van der Waals surface area contributed by atoms with Crippen molar-refractivity contribution < 1.29 is 0 Å². The summed E-state index contributed by atoms with van der Waals surface area (Å²) in [6.07, 6.45) is 3.68. The molecule has 1 aliphatic heterocycles. The Morgan fingerprint density at radius 3 is 2.86 bits per heavy atom. The minimum Gasteiger partial charge on any atom is -0.330 e. The number of aromatic nitrogens is 1. The van der Waals surface area contributed by atoms with Crippen LogP contribution in [-0.4, -0.2) is 29.5 Å². The first-order chi connectivity index (χ1) is 6.92. The van der Waals surface area contributed by atoms with E-state index in [9.17, 15) is 0 Å². The molecule has 0 bridgehead atoms. The van der Waals surface area contributed by atoms with Crippen molar-refractivity contribution in [2.45, 2.75) is 25.3 Å². The van der Waals surface area contributed by atoms with Crippen LogP contribution in [-0.2, 0) is 0 Å². The molecule has 14 heavy (non-hydrogen) atoms. The molecule has 0 saturated carbocycles. The van der Waals surface area contributed by atoms with E-state index in [0.29, 0.717) is 6.04 Å². The molecular weight excluding hydrogens is 194 g/mol. The molecule has 0 aliphatic carbocycles. The Balaban J connectivity index is 2.06. The summed E-state index contributed by atoms with van der Waals surface area (Å²) in [7, 11) is 0. The van der Waals surface area contributed by atoms with Gasteiger partial charge >= 0.3 is 0 Å². The highest BCUT2D eigenvalue weighted by atomic mass is 32.1. The number of nitrogens with zero attached hydrogens (tertiary/aromatic N) is 2. The van der Waals surface area contributed by atoms with E-state index in [0.717, 1.165) is 13.0 Å². The fourth-order valence-corrected chi connectivity index (χ4v) is 2.72. The minimum absolute atomic E-state index is 0.466. The molecule has 1 aromatic rings. The van der Waals surface area contributed by atoms with Crippen molar-refractivity contribution in [2.75, 3.05) is 19.6 Å². The summed E-state index contributed by atoms with van der Waals surface area (Å²) in [6, 6.07) is 0.466. The van der Waals surface area contributed by atoms with Gasteiger partial charge in [-0.2, -0.15) is 0 Å². The van der Waals surface area contributed by atoms with Crippen LogP contribution in [0.4, 0.5) is 0 Å². The number of nitrogens with two attached hydrogens (primary N) is 1. The summed E-state index contributed by atoms with van der Waals surface area (Å²) in [6.45, 7) is 3.17. The number of thiazole rings is 1. The van der Waals surface area contributed by atoms with E-state index in [2.05, 4.69) is 15.3 Å². The molecule has 2 rings (SSSR count). The van der Waals surface area contributed by atoms with Gasteiger partial charge in [0.15, 0.2) is 0 Å². The lowest BCUT2D eigenvalue weighted by Gasteiger charge is -2.25. The van der Waals surface area contributed by atoms with Gasteiger partial charge in [0, 0.05) is 5.38 Å². The second-order valence-corrected chi connectivity index (χ2v) is 4.47. The summed E-state index contributed by atoms with van der Waals surface area (Å²) < 4.78 is 0. The molecule has 78 valence electrons. The van der Waals surface area contributed by atoms with Crippen LogP contribution >= 0.6 is 11.3 Å². The number of hydrogen-bond acceptors (Lipinski definition) is 4. The fraction of sp³-hybridized carbons (Fsp3) is 0.700. The maximum Gasteiger partial charge on any atom is 0.0795 e. The predicted molar refractivity (Wildman–Crippen MR) is 59.3 cm³/mol. The summed E-state index contributed by atoms with van der Waals surface area (Å²) in [5, 5.41) is 2.15. The Morgan fingerprint density at radius 2 is 2.29 bits per heavy atom. The minimum atomic E-state index is 0.466. The van der Waals surface area contributed by atoms with E-state index in [1.807, 2.05) is 5.51 Å². The Morgan fingerprint density at radius 1 is 1.50 bits per heavy atom. The third-order valence-corrected chi connectivity index (χ3v) is 3.42. The maximum absolute atomic E-state index is 5.65. The van der Waals surface area contributed by atoms with E-state index >= 15 is 0 Å². The van der Waals surface area contributed by atoms with Crippen LogP contribution in [0.1, 0.15) is 31.0 Å². The lowest BCUT2D eigenvalue weighted by Crippen LogP contribution is -2.27. The standard InChI is InChI=1S/C10H17N3S/c11-4-3-10(9-7-14-8-12-9)13-5-1-2-6-13/h7-8,10H,1-6,11H2. The fourth-order valence-electron chi connectivity index (χ4n) is 2.12. The molecule has 1 aliphatic rings. The summed E-state index contributed by atoms with van der Waals surface area (Å²) in [4.78, 5) is 6.92. The molecule has 2 N–H and O–H groups in total. The molecule has 0 amide bonds. The summed E-state index contributed by atoms with van der Waals surface area (Å²) in [5.74, 6) is 0. The molecule has 1 fully saturated rings. The predicted octanol–water partition coefficient (Wildman–Crippen LogP) is 1.63. The van der Waals surface area contributed by atoms with Gasteiger partial charge in [-0.05, 0) is 38.9 Å². The molecule has 1 unspecified atom stereocenters. The zero-order valence-electron chi connectivity index (χ0n) is 8.35. The van der Waals surface area contributed by atoms with Crippen LogP contribution < -0.4 is 5.73 Å². The Labute approximate surface area is 88.9 Å². The first kappa shape index (κ1) is 10.1. The molecule has 1 aromatic heterocycles. The Bertz CT molecular complexity index is 254. The van der Waals surface area contributed by atoms with Crippen molar-refractivity contribution in [3.05, 3.63) is 16.6 Å². The van der Waals surface area contributed by atoms with Gasteiger partial charge in [0.05, 0.1) is 17.2 Å². The van der Waals surface area contributed by atoms with E-state index in [4.69, 9.17) is 5.73 Å². The van der Waals surface area contributed by atoms with Gasteiger partial charge in [-0.1, -0.05) is 0 Å². The average molecular weight is 211 g/mol. The molecule has 0 aromatic carbocycles. The van der Waals surface area contributed by atoms with Crippen LogP contribution in [0.5, 0.6) is 0 Å². The largest absolute Gasteiger partial charge is 0.330 e. The number of rotatable bonds is 4. The van der Waals surface area contributed by atoms with Gasteiger partial charge in [0.1, 0.15) is 0 Å². The van der Waals surface area contributed by atoms with Crippen LogP contribution in [0.25, 0.3) is 0 Å². The zero-order valence-corrected chi connectivity index (χ0v) is 9.17. The van der Waals surface area contributed by atoms with Gasteiger partial charge in [0.25, 0.3) is 0 Å². The SMILES string of the molecule is NCCC(c1cscn1)N1CCCC1. The normalized spacial score (nSPS) is 20.1. The Hall–Kier alpha value is -0.450. The van der Waals surface area contributed by atoms with Crippen molar-refractivity contribution in [1.82, 2.24) is 9.88 Å². The van der Waals surface area contributed by atoms with Crippen molar-refractivity contribution >= 4 is 11.3 Å².